The number of hydrogen-bond donors (Lipinski definition) is 1. The Hall–Kier alpha value is -0.970. The van der Waals surface area contributed by atoms with Crippen molar-refractivity contribution in [3.8, 4) is 0 Å². The summed E-state index contributed by atoms with van der Waals surface area (Å²) in [5.74, 6) is -1.36. The molecule has 0 aliphatic heterocycles. The lowest BCUT2D eigenvalue weighted by molar-refractivity contribution is 0.588. The third-order valence-corrected chi connectivity index (χ3v) is 7.35. The molecule has 1 rings (SSSR count). The molecule has 10 heteroatoms. The predicted octanol–water partition coefficient (Wildman–Crippen LogP) is -0.0675. The molecular formula is C11H17NO6S3. The normalized spacial score (nSPS) is 13.2. The molecule has 120 valence electrons. The van der Waals surface area contributed by atoms with Gasteiger partial charge in [0, 0.05) is 0 Å². The lowest BCUT2D eigenvalue weighted by Crippen LogP contribution is -2.23. The third kappa shape index (κ3) is 5.38. The number of sulfonamides is 1. The molecule has 7 nitrogen and oxygen atoms in total. The van der Waals surface area contributed by atoms with E-state index in [9.17, 15) is 25.3 Å². The highest BCUT2D eigenvalue weighted by atomic mass is 32.2. The van der Waals surface area contributed by atoms with Crippen LogP contribution in [0.15, 0.2) is 34.1 Å². The molecule has 0 saturated carbocycles. The topological polar surface area (TPSA) is 128 Å². The molecule has 0 aromatic heterocycles. The van der Waals surface area contributed by atoms with E-state index < -0.39 is 41.2 Å². The second-order valence-corrected chi connectivity index (χ2v) is 10.4. The average molecular weight is 355 g/mol. The van der Waals surface area contributed by atoms with Crippen molar-refractivity contribution >= 4 is 29.7 Å². The van der Waals surface area contributed by atoms with Crippen LogP contribution >= 0.6 is 0 Å². The molecule has 0 unspecified atom stereocenters. The summed E-state index contributed by atoms with van der Waals surface area (Å²) in [7, 11) is -11.1. The minimum Gasteiger partial charge on any atom is -0.229 e. The highest BCUT2D eigenvalue weighted by Gasteiger charge is 2.19. The van der Waals surface area contributed by atoms with Gasteiger partial charge >= 0.3 is 0 Å². The van der Waals surface area contributed by atoms with Crippen LogP contribution in [0.25, 0.3) is 0 Å². The van der Waals surface area contributed by atoms with Crippen LogP contribution in [0, 0.1) is 0 Å². The van der Waals surface area contributed by atoms with E-state index in [-0.39, 0.29) is 15.5 Å². The molecule has 0 radical (unpaired) electrons. The van der Waals surface area contributed by atoms with Crippen molar-refractivity contribution in [2.24, 2.45) is 5.14 Å². The van der Waals surface area contributed by atoms with Gasteiger partial charge in [-0.2, -0.15) is 0 Å². The van der Waals surface area contributed by atoms with Gasteiger partial charge in [-0.25, -0.2) is 30.4 Å². The molecule has 1 aromatic rings. The molecule has 0 aliphatic rings. The summed E-state index contributed by atoms with van der Waals surface area (Å²) in [5.41, 5.74) is 0. The zero-order valence-corrected chi connectivity index (χ0v) is 13.8. The quantitative estimate of drug-likeness (QED) is 0.729. The van der Waals surface area contributed by atoms with E-state index in [1.807, 2.05) is 0 Å². The van der Waals surface area contributed by atoms with E-state index in [1.54, 1.807) is 6.92 Å². The van der Waals surface area contributed by atoms with Crippen molar-refractivity contribution < 1.29 is 25.3 Å². The standard InChI is InChI=1S/C11H17NO6S3/c1-2-7-19(13,14)10-3-5-11(6-4-10)20(15,16)8-9-21(12,17)18/h3-6H,2,7-9H2,1H3,(H2,12,17,18). The predicted molar refractivity (Wildman–Crippen MR) is 78.8 cm³/mol. The third-order valence-electron chi connectivity index (χ3n) is 2.65. The lowest BCUT2D eigenvalue weighted by atomic mass is 10.4. The number of hydrogen-bond acceptors (Lipinski definition) is 6. The molecule has 0 spiro atoms. The second kappa shape index (κ2) is 6.42. The van der Waals surface area contributed by atoms with Gasteiger partial charge in [0.1, 0.15) is 0 Å². The molecule has 2 N–H and O–H groups in total. The largest absolute Gasteiger partial charge is 0.229 e. The smallest absolute Gasteiger partial charge is 0.210 e. The van der Waals surface area contributed by atoms with Crippen LogP contribution in [0.2, 0.25) is 0 Å². The summed E-state index contributed by atoms with van der Waals surface area (Å²) in [6.07, 6.45) is 0.455. The molecular weight excluding hydrogens is 338 g/mol. The first-order valence-electron chi connectivity index (χ1n) is 6.04. The average Bonchev–Trinajstić information content (AvgIpc) is 2.36. The van der Waals surface area contributed by atoms with Crippen molar-refractivity contribution in [2.75, 3.05) is 17.3 Å². The van der Waals surface area contributed by atoms with Crippen LogP contribution in [0.1, 0.15) is 13.3 Å². The van der Waals surface area contributed by atoms with E-state index in [0.717, 1.165) is 12.1 Å². The Balaban J connectivity index is 3.02. The summed E-state index contributed by atoms with van der Waals surface area (Å²) in [5, 5.41) is 4.76. The van der Waals surface area contributed by atoms with Crippen LogP contribution in [0.4, 0.5) is 0 Å². The van der Waals surface area contributed by atoms with Crippen molar-refractivity contribution in [3.63, 3.8) is 0 Å². The first-order valence-corrected chi connectivity index (χ1v) is 11.1. The van der Waals surface area contributed by atoms with Gasteiger partial charge in [-0.3, -0.25) is 0 Å². The minimum atomic E-state index is -3.88. The van der Waals surface area contributed by atoms with Gasteiger partial charge in [0.25, 0.3) is 0 Å². The molecule has 0 fully saturated rings. The lowest BCUT2D eigenvalue weighted by Gasteiger charge is -2.06. The number of primary sulfonamides is 1. The van der Waals surface area contributed by atoms with Crippen LogP contribution in [-0.2, 0) is 29.7 Å². The van der Waals surface area contributed by atoms with Gasteiger partial charge in [0.15, 0.2) is 19.7 Å². The maximum Gasteiger partial charge on any atom is 0.210 e. The van der Waals surface area contributed by atoms with Gasteiger partial charge in [0.05, 0.1) is 27.0 Å². The Labute approximate surface area is 125 Å². The van der Waals surface area contributed by atoms with Crippen LogP contribution in [0.5, 0.6) is 0 Å². The number of nitrogens with two attached hydrogens (primary N) is 1. The highest BCUT2D eigenvalue weighted by Crippen LogP contribution is 2.17. The number of rotatable bonds is 7. The fourth-order valence-corrected chi connectivity index (χ4v) is 5.50. The zero-order valence-electron chi connectivity index (χ0n) is 11.4. The van der Waals surface area contributed by atoms with Gasteiger partial charge in [-0.05, 0) is 30.7 Å². The summed E-state index contributed by atoms with van der Waals surface area (Å²) < 4.78 is 69.0. The molecule has 0 bridgehead atoms. The summed E-state index contributed by atoms with van der Waals surface area (Å²) in [4.78, 5) is -0.101. The van der Waals surface area contributed by atoms with E-state index in [2.05, 4.69) is 0 Å². The Morgan fingerprint density at radius 2 is 1.14 bits per heavy atom. The monoisotopic (exact) mass is 355 g/mol. The molecule has 1 aromatic carbocycles. The Morgan fingerprint density at radius 1 is 0.762 bits per heavy atom. The van der Waals surface area contributed by atoms with Gasteiger partial charge in [0.2, 0.25) is 10.0 Å². The van der Waals surface area contributed by atoms with E-state index in [4.69, 9.17) is 5.14 Å². The van der Waals surface area contributed by atoms with Crippen molar-refractivity contribution in [2.45, 2.75) is 23.1 Å². The summed E-state index contributed by atoms with van der Waals surface area (Å²) in [6, 6.07) is 4.71. The van der Waals surface area contributed by atoms with Gasteiger partial charge in [-0.15, -0.1) is 0 Å². The molecule has 0 atom stereocenters. The Morgan fingerprint density at radius 3 is 1.48 bits per heavy atom. The SMILES string of the molecule is CCCS(=O)(=O)c1ccc(S(=O)(=O)CCS(N)(=O)=O)cc1. The number of sulfone groups is 2. The van der Waals surface area contributed by atoms with Gasteiger partial charge in [-0.1, -0.05) is 6.92 Å². The first kappa shape index (κ1) is 18.1. The number of benzene rings is 1. The van der Waals surface area contributed by atoms with Crippen LogP contribution in [0.3, 0.4) is 0 Å². The van der Waals surface area contributed by atoms with Gasteiger partial charge < -0.3 is 0 Å². The van der Waals surface area contributed by atoms with Crippen LogP contribution < -0.4 is 5.14 Å². The molecule has 21 heavy (non-hydrogen) atoms. The van der Waals surface area contributed by atoms with Crippen molar-refractivity contribution in [1.29, 1.82) is 0 Å². The fourth-order valence-electron chi connectivity index (χ4n) is 1.58. The summed E-state index contributed by atoms with van der Waals surface area (Å²) in [6.45, 7) is 1.73. The maximum atomic E-state index is 11.9. The molecule has 0 amide bonds. The highest BCUT2D eigenvalue weighted by molar-refractivity contribution is 7.94. The molecule has 0 aliphatic carbocycles. The minimum absolute atomic E-state index is 0.0233. The Bertz CT molecular complexity index is 792. The summed E-state index contributed by atoms with van der Waals surface area (Å²) >= 11 is 0. The van der Waals surface area contributed by atoms with E-state index >= 15 is 0 Å². The zero-order chi connectivity index (χ0) is 16.3. The maximum absolute atomic E-state index is 11.9. The van der Waals surface area contributed by atoms with E-state index in [0.29, 0.717) is 6.42 Å². The second-order valence-electron chi connectivity index (χ2n) is 4.48. The molecule has 0 saturated heterocycles. The van der Waals surface area contributed by atoms with Crippen molar-refractivity contribution in [1.82, 2.24) is 0 Å². The van der Waals surface area contributed by atoms with E-state index in [1.165, 1.54) is 12.1 Å². The van der Waals surface area contributed by atoms with Crippen molar-refractivity contribution in [3.05, 3.63) is 24.3 Å². The van der Waals surface area contributed by atoms with Crippen LogP contribution in [-0.4, -0.2) is 42.5 Å². The first-order chi connectivity index (χ1) is 9.48. The molecule has 0 heterocycles. The Kier molecular flexibility index (Phi) is 5.53. The fraction of sp³-hybridized carbons (Fsp3) is 0.455.